The Hall–Kier alpha value is -3.74. The number of sulfonamides is 1. The fourth-order valence-corrected chi connectivity index (χ4v) is 3.80. The molecule has 13 heteroatoms. The van der Waals surface area contributed by atoms with Crippen molar-refractivity contribution in [3.8, 4) is 5.75 Å². The third-order valence-electron chi connectivity index (χ3n) is 3.76. The van der Waals surface area contributed by atoms with Gasteiger partial charge in [-0.2, -0.15) is 0 Å². The lowest BCUT2D eigenvalue weighted by atomic mass is 10.2. The third kappa shape index (κ3) is 4.57. The van der Waals surface area contributed by atoms with Gasteiger partial charge in [0.05, 0.1) is 29.0 Å². The summed E-state index contributed by atoms with van der Waals surface area (Å²) in [6.45, 7) is -0.848. The van der Waals surface area contributed by atoms with Gasteiger partial charge < -0.3 is 9.47 Å². The molecule has 2 aromatic rings. The fraction of sp³-hybridized carbons (Fsp3) is 0.188. The van der Waals surface area contributed by atoms with Gasteiger partial charge in [-0.3, -0.25) is 29.3 Å². The molecule has 0 saturated carbocycles. The van der Waals surface area contributed by atoms with E-state index >= 15 is 0 Å². The van der Waals surface area contributed by atoms with Crippen molar-refractivity contribution >= 4 is 33.1 Å². The predicted molar refractivity (Wildman–Crippen MR) is 99.3 cm³/mol. The Labute approximate surface area is 164 Å². The van der Waals surface area contributed by atoms with Gasteiger partial charge in [0, 0.05) is 24.3 Å². The number of hydrogen-bond donors (Lipinski definition) is 0. The van der Waals surface area contributed by atoms with E-state index in [9.17, 15) is 33.4 Å². The molecule has 0 N–H and O–H groups in total. The maximum Gasteiger partial charge on any atom is 0.326 e. The van der Waals surface area contributed by atoms with E-state index in [4.69, 9.17) is 4.74 Å². The summed E-state index contributed by atoms with van der Waals surface area (Å²) in [6, 6.07) is 7.33. The molecule has 29 heavy (non-hydrogen) atoms. The van der Waals surface area contributed by atoms with Crippen LogP contribution in [0, 0.1) is 20.2 Å². The molecule has 0 radical (unpaired) electrons. The van der Waals surface area contributed by atoms with Crippen molar-refractivity contribution in [2.45, 2.75) is 4.90 Å². The van der Waals surface area contributed by atoms with Gasteiger partial charge in [-0.1, -0.05) is 6.07 Å². The highest BCUT2D eigenvalue weighted by molar-refractivity contribution is 7.92. The Kier molecular flexibility index (Phi) is 6.33. The summed E-state index contributed by atoms with van der Waals surface area (Å²) in [4.78, 5) is 31.9. The molecule has 0 aliphatic rings. The molecule has 0 atom stereocenters. The number of hydrogen-bond acceptors (Lipinski definition) is 9. The number of ether oxygens (including phenoxy) is 2. The minimum Gasteiger partial charge on any atom is -0.495 e. The highest BCUT2D eigenvalue weighted by Crippen LogP contribution is 2.36. The molecular weight excluding hydrogens is 410 g/mol. The molecule has 0 saturated heterocycles. The van der Waals surface area contributed by atoms with Crippen LogP contribution < -0.4 is 9.04 Å². The zero-order chi connectivity index (χ0) is 21.8. The van der Waals surface area contributed by atoms with Crippen molar-refractivity contribution in [2.24, 2.45) is 0 Å². The maximum absolute atomic E-state index is 13.2. The van der Waals surface area contributed by atoms with Crippen molar-refractivity contribution in [2.75, 3.05) is 25.1 Å². The second kappa shape index (κ2) is 8.52. The summed E-state index contributed by atoms with van der Waals surface area (Å²) in [5.74, 6) is -1.04. The van der Waals surface area contributed by atoms with Crippen molar-refractivity contribution < 1.29 is 32.5 Å². The molecule has 0 unspecified atom stereocenters. The molecular formula is C16H15N3O9S. The summed E-state index contributed by atoms with van der Waals surface area (Å²) in [5, 5.41) is 22.1. The summed E-state index contributed by atoms with van der Waals surface area (Å²) < 4.78 is 36.5. The highest BCUT2D eigenvalue weighted by atomic mass is 32.2. The molecule has 154 valence electrons. The Balaban J connectivity index is 2.72. The second-order valence-corrected chi connectivity index (χ2v) is 7.32. The minimum absolute atomic E-state index is 0.0755. The zero-order valence-corrected chi connectivity index (χ0v) is 16.0. The number of nitrogens with zero attached hydrogens (tertiary/aromatic N) is 3. The van der Waals surface area contributed by atoms with E-state index in [2.05, 4.69) is 4.74 Å². The number of methoxy groups -OCH3 is 2. The molecule has 0 bridgehead atoms. The topological polar surface area (TPSA) is 159 Å². The number of anilines is 1. The van der Waals surface area contributed by atoms with Gasteiger partial charge in [-0.25, -0.2) is 8.42 Å². The van der Waals surface area contributed by atoms with Crippen LogP contribution >= 0.6 is 0 Å². The Morgan fingerprint density at radius 3 is 2.21 bits per heavy atom. The van der Waals surface area contributed by atoms with Crippen molar-refractivity contribution in [3.63, 3.8) is 0 Å². The molecule has 0 aliphatic carbocycles. The van der Waals surface area contributed by atoms with E-state index in [1.165, 1.54) is 13.2 Å². The smallest absolute Gasteiger partial charge is 0.326 e. The van der Waals surface area contributed by atoms with Crippen molar-refractivity contribution in [3.05, 3.63) is 62.7 Å². The SMILES string of the molecule is COC(=O)CN(c1cc([N+](=O)[O-])ccc1OC)S(=O)(=O)c1cccc([N+](=O)[O-])c1. The van der Waals surface area contributed by atoms with Gasteiger partial charge >= 0.3 is 5.97 Å². The number of carbonyl (C=O) groups is 1. The van der Waals surface area contributed by atoms with E-state index < -0.39 is 48.7 Å². The van der Waals surface area contributed by atoms with Crippen molar-refractivity contribution in [1.29, 1.82) is 0 Å². The monoisotopic (exact) mass is 425 g/mol. The van der Waals surface area contributed by atoms with Crippen LogP contribution in [0.2, 0.25) is 0 Å². The van der Waals surface area contributed by atoms with Crippen LogP contribution in [-0.2, 0) is 19.6 Å². The average Bonchev–Trinajstić information content (AvgIpc) is 2.71. The number of nitro groups is 2. The van der Waals surface area contributed by atoms with Gasteiger partial charge in [0.25, 0.3) is 21.4 Å². The van der Waals surface area contributed by atoms with Crippen LogP contribution in [0.3, 0.4) is 0 Å². The number of carbonyl (C=O) groups excluding carboxylic acids is 1. The number of rotatable bonds is 8. The third-order valence-corrected chi connectivity index (χ3v) is 5.51. The first-order chi connectivity index (χ1) is 13.6. The lowest BCUT2D eigenvalue weighted by Gasteiger charge is -2.24. The summed E-state index contributed by atoms with van der Waals surface area (Å²) >= 11 is 0. The van der Waals surface area contributed by atoms with Crippen LogP contribution in [0.15, 0.2) is 47.4 Å². The van der Waals surface area contributed by atoms with Gasteiger partial charge in [0.2, 0.25) is 0 Å². The Morgan fingerprint density at radius 1 is 1.03 bits per heavy atom. The van der Waals surface area contributed by atoms with Crippen LogP contribution in [0.1, 0.15) is 0 Å². The van der Waals surface area contributed by atoms with Gasteiger partial charge in [0.15, 0.2) is 0 Å². The van der Waals surface area contributed by atoms with E-state index in [0.717, 1.165) is 43.5 Å². The minimum atomic E-state index is -4.56. The van der Waals surface area contributed by atoms with E-state index in [0.29, 0.717) is 4.31 Å². The first kappa shape index (κ1) is 21.6. The molecule has 12 nitrogen and oxygen atoms in total. The van der Waals surface area contributed by atoms with Crippen LogP contribution in [0.5, 0.6) is 5.75 Å². The normalized spacial score (nSPS) is 10.8. The van der Waals surface area contributed by atoms with Gasteiger partial charge in [0.1, 0.15) is 18.0 Å². The lowest BCUT2D eigenvalue weighted by Crippen LogP contribution is -2.36. The first-order valence-electron chi connectivity index (χ1n) is 7.78. The molecule has 0 heterocycles. The summed E-state index contributed by atoms with van der Waals surface area (Å²) in [5.41, 5.74) is -1.25. The molecule has 0 amide bonds. The standard InChI is InChI=1S/C16H15N3O9S/c1-27-15-7-6-12(19(23)24)9-14(15)17(10-16(20)28-2)29(25,26)13-5-3-4-11(8-13)18(21)22/h3-9H,10H2,1-2H3. The number of benzene rings is 2. The van der Waals surface area contributed by atoms with E-state index in [-0.39, 0.29) is 11.4 Å². The molecule has 0 aromatic heterocycles. The summed E-state index contributed by atoms with van der Waals surface area (Å²) in [7, 11) is -2.32. The molecule has 0 fully saturated rings. The van der Waals surface area contributed by atoms with E-state index in [1.807, 2.05) is 0 Å². The average molecular weight is 425 g/mol. The zero-order valence-electron chi connectivity index (χ0n) is 15.2. The molecule has 2 rings (SSSR count). The molecule has 2 aromatic carbocycles. The quantitative estimate of drug-likeness (QED) is 0.349. The summed E-state index contributed by atoms with van der Waals surface area (Å²) in [6.07, 6.45) is 0. The maximum atomic E-state index is 13.2. The molecule has 0 spiro atoms. The largest absolute Gasteiger partial charge is 0.495 e. The first-order valence-corrected chi connectivity index (χ1v) is 9.22. The van der Waals surface area contributed by atoms with Crippen LogP contribution in [-0.4, -0.2) is 45.0 Å². The van der Waals surface area contributed by atoms with Crippen LogP contribution in [0.4, 0.5) is 17.1 Å². The van der Waals surface area contributed by atoms with Gasteiger partial charge in [-0.05, 0) is 12.1 Å². The lowest BCUT2D eigenvalue weighted by molar-refractivity contribution is -0.385. The Morgan fingerprint density at radius 2 is 1.66 bits per heavy atom. The van der Waals surface area contributed by atoms with Crippen LogP contribution in [0.25, 0.3) is 0 Å². The van der Waals surface area contributed by atoms with E-state index in [1.54, 1.807) is 0 Å². The Bertz CT molecular complexity index is 1070. The predicted octanol–water partition coefficient (Wildman–Crippen LogP) is 1.88. The fourth-order valence-electron chi connectivity index (χ4n) is 2.35. The van der Waals surface area contributed by atoms with Gasteiger partial charge in [-0.15, -0.1) is 0 Å². The number of non-ortho nitro benzene ring substituents is 2. The number of esters is 1. The molecule has 0 aliphatic heterocycles. The second-order valence-electron chi connectivity index (χ2n) is 5.46. The highest BCUT2D eigenvalue weighted by Gasteiger charge is 2.32. The van der Waals surface area contributed by atoms with Crippen molar-refractivity contribution in [1.82, 2.24) is 0 Å². The number of nitro benzene ring substituents is 2.